The van der Waals surface area contributed by atoms with Crippen LogP contribution in [-0.4, -0.2) is 28.0 Å². The van der Waals surface area contributed by atoms with Crippen molar-refractivity contribution in [2.75, 3.05) is 0 Å². The second kappa shape index (κ2) is 11.0. The molecule has 1 aliphatic heterocycles. The standard InChI is InChI=1S/C25H27NO5/c1-18-10-6-3-2-4-9-13-21(26-30-17-19-11-7-5-8-12-19)14-20-15-22(27)16-23(28)24(20)25(29)31-18/h3,5-9,11-13,15-16,18,27-28H,2,4,10,14,17H2,1H3/b6-3+,13-9+,26-21?. The van der Waals surface area contributed by atoms with Gasteiger partial charge in [0.2, 0.25) is 0 Å². The summed E-state index contributed by atoms with van der Waals surface area (Å²) < 4.78 is 5.50. The van der Waals surface area contributed by atoms with E-state index in [-0.39, 0.29) is 29.6 Å². The van der Waals surface area contributed by atoms with E-state index in [1.54, 1.807) is 6.92 Å². The number of phenols is 2. The summed E-state index contributed by atoms with van der Waals surface area (Å²) in [6, 6.07) is 12.2. The Bertz CT molecular complexity index is 979. The predicted molar refractivity (Wildman–Crippen MR) is 119 cm³/mol. The van der Waals surface area contributed by atoms with Crippen molar-refractivity contribution >= 4 is 11.7 Å². The number of nitrogens with zero attached hydrogens (tertiary/aromatic N) is 1. The third-order valence-electron chi connectivity index (χ3n) is 4.77. The lowest BCUT2D eigenvalue weighted by Crippen LogP contribution is -2.17. The van der Waals surface area contributed by atoms with Crippen LogP contribution in [0.4, 0.5) is 0 Å². The Morgan fingerprint density at radius 2 is 1.87 bits per heavy atom. The lowest BCUT2D eigenvalue weighted by atomic mass is 9.99. The molecule has 1 heterocycles. The Kier molecular flexibility index (Phi) is 7.87. The number of hydrogen-bond acceptors (Lipinski definition) is 6. The molecule has 1 aliphatic rings. The molecule has 31 heavy (non-hydrogen) atoms. The second-order valence-electron chi connectivity index (χ2n) is 7.42. The normalized spacial score (nSPS) is 20.9. The molecule has 0 fully saturated rings. The van der Waals surface area contributed by atoms with E-state index in [0.29, 0.717) is 24.3 Å². The average molecular weight is 421 g/mol. The minimum atomic E-state index is -0.640. The van der Waals surface area contributed by atoms with Crippen molar-refractivity contribution in [1.82, 2.24) is 0 Å². The van der Waals surface area contributed by atoms with Gasteiger partial charge < -0.3 is 19.8 Å². The molecule has 3 rings (SSSR count). The van der Waals surface area contributed by atoms with Crippen molar-refractivity contribution in [3.63, 3.8) is 0 Å². The molecule has 0 amide bonds. The van der Waals surface area contributed by atoms with Crippen LogP contribution in [0, 0.1) is 0 Å². The van der Waals surface area contributed by atoms with Gasteiger partial charge in [0.15, 0.2) is 0 Å². The predicted octanol–water partition coefficient (Wildman–Crippen LogP) is 5.05. The molecule has 0 spiro atoms. The number of oxime groups is 1. The van der Waals surface area contributed by atoms with Crippen LogP contribution in [0.25, 0.3) is 0 Å². The Morgan fingerprint density at radius 3 is 2.68 bits per heavy atom. The van der Waals surface area contributed by atoms with E-state index in [2.05, 4.69) is 5.16 Å². The zero-order valence-electron chi connectivity index (χ0n) is 17.5. The van der Waals surface area contributed by atoms with Crippen molar-refractivity contribution < 1.29 is 24.6 Å². The minimum Gasteiger partial charge on any atom is -0.508 e. The van der Waals surface area contributed by atoms with E-state index in [9.17, 15) is 15.0 Å². The van der Waals surface area contributed by atoms with Crippen molar-refractivity contribution in [3.8, 4) is 11.5 Å². The number of carbonyl (C=O) groups excluding carboxylic acids is 1. The summed E-state index contributed by atoms with van der Waals surface area (Å²) in [5, 5.41) is 24.6. The molecular weight excluding hydrogens is 394 g/mol. The van der Waals surface area contributed by atoms with Gasteiger partial charge in [-0.3, -0.25) is 0 Å². The highest BCUT2D eigenvalue weighted by molar-refractivity contribution is 6.00. The van der Waals surface area contributed by atoms with Crippen molar-refractivity contribution in [2.45, 2.75) is 45.3 Å². The molecule has 0 saturated carbocycles. The fourth-order valence-electron chi connectivity index (χ4n) is 3.23. The lowest BCUT2D eigenvalue weighted by molar-refractivity contribution is 0.0343. The molecular formula is C25H27NO5. The van der Waals surface area contributed by atoms with Crippen LogP contribution in [0.1, 0.15) is 47.7 Å². The van der Waals surface area contributed by atoms with Crippen LogP contribution < -0.4 is 0 Å². The maximum atomic E-state index is 12.7. The summed E-state index contributed by atoms with van der Waals surface area (Å²) in [7, 11) is 0. The van der Waals surface area contributed by atoms with Crippen LogP contribution in [0.3, 0.4) is 0 Å². The van der Waals surface area contributed by atoms with Gasteiger partial charge in [0.05, 0.1) is 5.71 Å². The van der Waals surface area contributed by atoms with E-state index < -0.39 is 5.97 Å². The number of rotatable bonds is 3. The van der Waals surface area contributed by atoms with Crippen LogP contribution in [0.5, 0.6) is 11.5 Å². The van der Waals surface area contributed by atoms with Crippen molar-refractivity contribution in [3.05, 3.63) is 83.5 Å². The fraction of sp³-hybridized carbons (Fsp3) is 0.280. The highest BCUT2D eigenvalue weighted by Gasteiger charge is 2.22. The highest BCUT2D eigenvalue weighted by Crippen LogP contribution is 2.29. The smallest absolute Gasteiger partial charge is 0.342 e. The highest BCUT2D eigenvalue weighted by atomic mass is 16.6. The SMILES string of the molecule is CC1C/C=C/CC/C=C/C(=NOCc2ccccc2)Cc2cc(O)cc(O)c2C(=O)O1. The minimum absolute atomic E-state index is 0.0230. The van der Waals surface area contributed by atoms with Gasteiger partial charge in [-0.15, -0.1) is 0 Å². The number of fused-ring (bicyclic) bond motifs is 1. The summed E-state index contributed by atoms with van der Waals surface area (Å²) in [5.74, 6) is -1.11. The molecule has 0 bridgehead atoms. The third kappa shape index (κ3) is 6.74. The average Bonchev–Trinajstić information content (AvgIpc) is 2.72. The van der Waals surface area contributed by atoms with Crippen LogP contribution >= 0.6 is 0 Å². The largest absolute Gasteiger partial charge is 0.508 e. The number of aromatic hydroxyl groups is 2. The van der Waals surface area contributed by atoms with Gasteiger partial charge in [0, 0.05) is 18.9 Å². The van der Waals surface area contributed by atoms with E-state index in [4.69, 9.17) is 9.57 Å². The summed E-state index contributed by atoms with van der Waals surface area (Å²) in [6.45, 7) is 2.11. The van der Waals surface area contributed by atoms with Gasteiger partial charge >= 0.3 is 5.97 Å². The molecule has 2 N–H and O–H groups in total. The number of allylic oxidation sites excluding steroid dienone is 3. The maximum Gasteiger partial charge on any atom is 0.342 e. The molecule has 0 aliphatic carbocycles. The van der Waals surface area contributed by atoms with Gasteiger partial charge in [-0.25, -0.2) is 4.79 Å². The van der Waals surface area contributed by atoms with Crippen LogP contribution in [0.2, 0.25) is 0 Å². The Hall–Kier alpha value is -3.54. The number of ether oxygens (including phenoxy) is 1. The first-order chi connectivity index (χ1) is 15.0. The monoisotopic (exact) mass is 421 g/mol. The molecule has 6 nitrogen and oxygen atoms in total. The van der Waals surface area contributed by atoms with Crippen LogP contribution in [-0.2, 0) is 22.6 Å². The number of phenolic OH excluding ortho intramolecular Hbond substituents is 2. The number of carbonyl (C=O) groups is 1. The number of esters is 1. The van der Waals surface area contributed by atoms with E-state index in [1.807, 2.05) is 54.6 Å². The van der Waals surface area contributed by atoms with Gasteiger partial charge in [-0.1, -0.05) is 53.7 Å². The quantitative estimate of drug-likeness (QED) is 0.411. The van der Waals surface area contributed by atoms with Gasteiger partial charge in [0.25, 0.3) is 0 Å². The number of cyclic esters (lactones) is 1. The molecule has 6 heteroatoms. The molecule has 1 atom stereocenters. The summed E-state index contributed by atoms with van der Waals surface area (Å²) in [6.07, 6.45) is 9.96. The van der Waals surface area contributed by atoms with Gasteiger partial charge in [0.1, 0.15) is 29.8 Å². The number of benzene rings is 2. The van der Waals surface area contributed by atoms with E-state index in [1.165, 1.54) is 6.07 Å². The lowest BCUT2D eigenvalue weighted by Gasteiger charge is -2.16. The van der Waals surface area contributed by atoms with Gasteiger partial charge in [-0.05, 0) is 43.0 Å². The molecule has 0 aromatic heterocycles. The van der Waals surface area contributed by atoms with Crippen molar-refractivity contribution in [1.29, 1.82) is 0 Å². The molecule has 1 unspecified atom stereocenters. The first-order valence-corrected chi connectivity index (χ1v) is 10.3. The van der Waals surface area contributed by atoms with E-state index in [0.717, 1.165) is 24.5 Å². The summed E-state index contributed by atoms with van der Waals surface area (Å²) in [5.41, 5.74) is 1.98. The van der Waals surface area contributed by atoms with Gasteiger partial charge in [-0.2, -0.15) is 0 Å². The molecule has 2 aromatic carbocycles. The molecule has 0 radical (unpaired) electrons. The van der Waals surface area contributed by atoms with E-state index >= 15 is 0 Å². The zero-order valence-corrected chi connectivity index (χ0v) is 17.5. The van der Waals surface area contributed by atoms with Crippen LogP contribution in [0.15, 0.2) is 71.9 Å². The first kappa shape index (κ1) is 22.2. The topological polar surface area (TPSA) is 88.4 Å². The zero-order chi connectivity index (χ0) is 22.1. The molecule has 0 saturated heterocycles. The Labute approximate surface area is 182 Å². The molecule has 162 valence electrons. The Balaban J connectivity index is 1.91. The Morgan fingerprint density at radius 1 is 1.10 bits per heavy atom. The second-order valence-corrected chi connectivity index (χ2v) is 7.42. The summed E-state index contributed by atoms with van der Waals surface area (Å²) >= 11 is 0. The third-order valence-corrected chi connectivity index (χ3v) is 4.77. The molecule has 2 aromatic rings. The van der Waals surface area contributed by atoms with Crippen molar-refractivity contribution in [2.24, 2.45) is 5.16 Å². The first-order valence-electron chi connectivity index (χ1n) is 10.3. The summed E-state index contributed by atoms with van der Waals surface area (Å²) in [4.78, 5) is 18.3. The number of hydrogen-bond donors (Lipinski definition) is 2. The maximum absolute atomic E-state index is 12.7. The fourth-order valence-corrected chi connectivity index (χ4v) is 3.23.